The number of hydrogen-bond donors (Lipinski definition) is 1. The van der Waals surface area contributed by atoms with Crippen LogP contribution in [-0.4, -0.2) is 26.1 Å². The number of carbonyl (C=O) groups is 1. The Hall–Kier alpha value is -1.90. The lowest BCUT2D eigenvalue weighted by molar-refractivity contribution is -0.138. The van der Waals surface area contributed by atoms with E-state index in [1.807, 2.05) is 0 Å². The van der Waals surface area contributed by atoms with Gasteiger partial charge in [0.25, 0.3) is 0 Å². The molecule has 0 radical (unpaired) electrons. The molecule has 0 saturated carbocycles. The van der Waals surface area contributed by atoms with Crippen LogP contribution in [0.5, 0.6) is 0 Å². The monoisotopic (exact) mass is 363 g/mol. The molecule has 0 saturated heterocycles. The first-order valence-electron chi connectivity index (χ1n) is 5.77. The van der Waals surface area contributed by atoms with Gasteiger partial charge in [-0.2, -0.15) is 13.2 Å². The summed E-state index contributed by atoms with van der Waals surface area (Å²) in [6, 6.07) is 3.17. The van der Waals surface area contributed by atoms with Gasteiger partial charge in [0, 0.05) is 10.9 Å². The highest BCUT2D eigenvalue weighted by Gasteiger charge is 2.31. The number of alkyl halides is 3. The van der Waals surface area contributed by atoms with Crippen LogP contribution in [0.1, 0.15) is 17.7 Å². The fraction of sp³-hybridized carbons (Fsp3) is 0.250. The summed E-state index contributed by atoms with van der Waals surface area (Å²) in [6.45, 7) is 0. The number of halogens is 4. The molecule has 0 aliphatic carbocycles. The molecule has 1 N–H and O–H groups in total. The Morgan fingerprint density at radius 1 is 1.38 bits per heavy atom. The number of hydrogen-bond acceptors (Lipinski definition) is 3. The average Bonchev–Trinajstić information content (AvgIpc) is 2.84. The standard InChI is InChI=1S/C12H9BrF3N3O2/c13-9-3-1-7(12(14,15)16)5-10(9)19-6-8(17-18-19)2-4-11(20)21/h1,3,5-6H,2,4H2,(H,20,21). The van der Waals surface area contributed by atoms with Crippen molar-refractivity contribution in [1.82, 2.24) is 15.0 Å². The van der Waals surface area contributed by atoms with Gasteiger partial charge in [-0.15, -0.1) is 5.10 Å². The summed E-state index contributed by atoms with van der Waals surface area (Å²) in [5.74, 6) is -0.982. The lowest BCUT2D eigenvalue weighted by Gasteiger charge is -2.10. The Morgan fingerprint density at radius 2 is 2.10 bits per heavy atom. The summed E-state index contributed by atoms with van der Waals surface area (Å²) in [6.07, 6.45) is -3.01. The highest BCUT2D eigenvalue weighted by Crippen LogP contribution is 2.33. The van der Waals surface area contributed by atoms with Crippen molar-refractivity contribution in [3.63, 3.8) is 0 Å². The normalized spacial score (nSPS) is 11.6. The quantitative estimate of drug-likeness (QED) is 0.906. The molecule has 0 aliphatic rings. The maximum atomic E-state index is 12.7. The number of carboxylic acids is 1. The molecule has 1 heterocycles. The van der Waals surface area contributed by atoms with Crippen molar-refractivity contribution in [2.24, 2.45) is 0 Å². The van der Waals surface area contributed by atoms with Gasteiger partial charge in [0.1, 0.15) is 0 Å². The number of aliphatic carboxylic acids is 1. The first-order chi connectivity index (χ1) is 9.77. The SMILES string of the molecule is O=C(O)CCc1cn(-c2cc(C(F)(F)F)ccc2Br)nn1. The van der Waals surface area contributed by atoms with E-state index in [-0.39, 0.29) is 18.5 Å². The topological polar surface area (TPSA) is 68.0 Å². The molecule has 2 aromatic rings. The molecule has 0 fully saturated rings. The maximum absolute atomic E-state index is 12.7. The second kappa shape index (κ2) is 5.84. The smallest absolute Gasteiger partial charge is 0.416 e. The molecule has 1 aromatic carbocycles. The van der Waals surface area contributed by atoms with Crippen molar-refractivity contribution in [1.29, 1.82) is 0 Å². The Labute approximate surface area is 125 Å². The van der Waals surface area contributed by atoms with E-state index < -0.39 is 17.7 Å². The third-order valence-electron chi connectivity index (χ3n) is 2.66. The van der Waals surface area contributed by atoms with Gasteiger partial charge in [0.15, 0.2) is 0 Å². The van der Waals surface area contributed by atoms with Gasteiger partial charge < -0.3 is 5.11 Å². The van der Waals surface area contributed by atoms with Crippen molar-refractivity contribution >= 4 is 21.9 Å². The lowest BCUT2D eigenvalue weighted by atomic mass is 10.2. The van der Waals surface area contributed by atoms with Crippen molar-refractivity contribution in [2.75, 3.05) is 0 Å². The van der Waals surface area contributed by atoms with Crippen LogP contribution in [0, 0.1) is 0 Å². The van der Waals surface area contributed by atoms with Gasteiger partial charge in [-0.25, -0.2) is 4.68 Å². The minimum absolute atomic E-state index is 0.123. The molecule has 0 spiro atoms. The Bertz CT molecular complexity index is 670. The van der Waals surface area contributed by atoms with Crippen molar-refractivity contribution in [3.05, 3.63) is 40.1 Å². The minimum atomic E-state index is -4.46. The molecular weight excluding hydrogens is 355 g/mol. The average molecular weight is 364 g/mol. The second-order valence-corrected chi connectivity index (χ2v) is 5.07. The van der Waals surface area contributed by atoms with E-state index in [9.17, 15) is 18.0 Å². The maximum Gasteiger partial charge on any atom is 0.416 e. The van der Waals surface area contributed by atoms with E-state index in [1.165, 1.54) is 16.9 Å². The first-order valence-corrected chi connectivity index (χ1v) is 6.57. The largest absolute Gasteiger partial charge is 0.481 e. The Morgan fingerprint density at radius 3 is 2.71 bits per heavy atom. The Kier molecular flexibility index (Phi) is 4.31. The predicted octanol–water partition coefficient (Wildman–Crippen LogP) is 3.07. The molecular formula is C12H9BrF3N3O2. The second-order valence-electron chi connectivity index (χ2n) is 4.21. The van der Waals surface area contributed by atoms with Crippen LogP contribution in [0.15, 0.2) is 28.9 Å². The van der Waals surface area contributed by atoms with Crippen LogP contribution in [0.2, 0.25) is 0 Å². The van der Waals surface area contributed by atoms with Gasteiger partial charge >= 0.3 is 12.1 Å². The summed E-state index contributed by atoms with van der Waals surface area (Å²) in [5, 5.41) is 16.1. The fourth-order valence-corrected chi connectivity index (χ4v) is 2.06. The van der Waals surface area contributed by atoms with E-state index >= 15 is 0 Å². The number of aromatic nitrogens is 3. The van der Waals surface area contributed by atoms with Crippen LogP contribution < -0.4 is 0 Å². The van der Waals surface area contributed by atoms with Gasteiger partial charge in [-0.05, 0) is 34.1 Å². The molecule has 2 rings (SSSR count). The third-order valence-corrected chi connectivity index (χ3v) is 3.33. The number of rotatable bonds is 4. The minimum Gasteiger partial charge on any atom is -0.481 e. The van der Waals surface area contributed by atoms with E-state index in [2.05, 4.69) is 26.2 Å². The molecule has 9 heteroatoms. The van der Waals surface area contributed by atoms with Gasteiger partial charge in [0.2, 0.25) is 0 Å². The van der Waals surface area contributed by atoms with Crippen LogP contribution in [0.4, 0.5) is 13.2 Å². The van der Waals surface area contributed by atoms with Gasteiger partial charge in [-0.1, -0.05) is 5.21 Å². The van der Waals surface area contributed by atoms with E-state index in [4.69, 9.17) is 5.11 Å². The fourth-order valence-electron chi connectivity index (χ4n) is 1.63. The Balaban J connectivity index is 2.31. The van der Waals surface area contributed by atoms with E-state index in [0.717, 1.165) is 12.1 Å². The lowest BCUT2D eigenvalue weighted by Crippen LogP contribution is -2.07. The zero-order valence-corrected chi connectivity index (χ0v) is 12.0. The molecule has 5 nitrogen and oxygen atoms in total. The van der Waals surface area contributed by atoms with E-state index in [0.29, 0.717) is 10.2 Å². The molecule has 1 aromatic heterocycles. The zero-order chi connectivity index (χ0) is 15.6. The van der Waals surface area contributed by atoms with Crippen molar-refractivity contribution in [2.45, 2.75) is 19.0 Å². The molecule has 21 heavy (non-hydrogen) atoms. The predicted molar refractivity (Wildman–Crippen MR) is 70.0 cm³/mol. The van der Waals surface area contributed by atoms with Crippen LogP contribution in [0.25, 0.3) is 5.69 Å². The van der Waals surface area contributed by atoms with Crippen LogP contribution >= 0.6 is 15.9 Å². The summed E-state index contributed by atoms with van der Waals surface area (Å²) in [4.78, 5) is 10.5. The molecule has 0 amide bonds. The first kappa shape index (κ1) is 15.5. The molecule has 112 valence electrons. The van der Waals surface area contributed by atoms with Crippen molar-refractivity contribution < 1.29 is 23.1 Å². The number of aryl methyl sites for hydroxylation is 1. The summed E-state index contributed by atoms with van der Waals surface area (Å²) >= 11 is 3.16. The molecule has 0 aliphatic heterocycles. The number of benzene rings is 1. The highest BCUT2D eigenvalue weighted by molar-refractivity contribution is 9.10. The molecule has 0 bridgehead atoms. The number of nitrogens with zero attached hydrogens (tertiary/aromatic N) is 3. The van der Waals surface area contributed by atoms with Gasteiger partial charge in [-0.3, -0.25) is 4.79 Å². The summed E-state index contributed by atoms with van der Waals surface area (Å²) in [7, 11) is 0. The summed E-state index contributed by atoms with van der Waals surface area (Å²) < 4.78 is 39.7. The van der Waals surface area contributed by atoms with Gasteiger partial charge in [0.05, 0.1) is 29.6 Å². The van der Waals surface area contributed by atoms with Crippen LogP contribution in [-0.2, 0) is 17.4 Å². The third kappa shape index (κ3) is 3.81. The highest BCUT2D eigenvalue weighted by atomic mass is 79.9. The van der Waals surface area contributed by atoms with Crippen molar-refractivity contribution in [3.8, 4) is 5.69 Å². The zero-order valence-electron chi connectivity index (χ0n) is 10.4. The number of carboxylic acid groups (broad SMARTS) is 1. The summed E-state index contributed by atoms with van der Waals surface area (Å²) in [5.41, 5.74) is -0.233. The van der Waals surface area contributed by atoms with E-state index in [1.54, 1.807) is 0 Å². The molecule has 0 atom stereocenters. The molecule has 0 unspecified atom stereocenters. The van der Waals surface area contributed by atoms with Crippen LogP contribution in [0.3, 0.4) is 0 Å².